The van der Waals surface area contributed by atoms with Gasteiger partial charge in [-0.05, 0) is 66.9 Å². The Labute approximate surface area is 213 Å². The number of nitrogens with one attached hydrogen (secondary N) is 1. The van der Waals surface area contributed by atoms with Crippen LogP contribution in [0.3, 0.4) is 0 Å². The fourth-order valence-corrected chi connectivity index (χ4v) is 4.68. The van der Waals surface area contributed by atoms with Gasteiger partial charge in [0, 0.05) is 5.69 Å². The molecule has 7 nitrogen and oxygen atoms in total. The summed E-state index contributed by atoms with van der Waals surface area (Å²) < 4.78 is 10.8. The lowest BCUT2D eigenvalue weighted by Gasteiger charge is -2.18. The van der Waals surface area contributed by atoms with E-state index in [-0.39, 0.29) is 30.1 Å². The topological polar surface area (TPSA) is 80.2 Å². The van der Waals surface area contributed by atoms with E-state index in [4.69, 9.17) is 9.47 Å². The minimum atomic E-state index is -0.255. The summed E-state index contributed by atoms with van der Waals surface area (Å²) in [4.78, 5) is 32.3. The number of ether oxygens (including phenoxy) is 2. The summed E-state index contributed by atoms with van der Waals surface area (Å²) in [7, 11) is 0. The van der Waals surface area contributed by atoms with E-state index in [0.29, 0.717) is 22.4 Å². The van der Waals surface area contributed by atoms with Gasteiger partial charge in [-0.2, -0.15) is 0 Å². The van der Waals surface area contributed by atoms with Gasteiger partial charge in [0.2, 0.25) is 12.7 Å². The van der Waals surface area contributed by atoms with Crippen molar-refractivity contribution in [3.05, 3.63) is 89.1 Å². The highest BCUT2D eigenvalue weighted by molar-refractivity contribution is 8.14. The Morgan fingerprint density at radius 3 is 2.69 bits per heavy atom. The van der Waals surface area contributed by atoms with E-state index >= 15 is 0 Å². The first-order chi connectivity index (χ1) is 17.5. The van der Waals surface area contributed by atoms with Gasteiger partial charge in [-0.1, -0.05) is 54.6 Å². The molecule has 3 aromatic rings. The van der Waals surface area contributed by atoms with E-state index in [1.54, 1.807) is 11.0 Å². The third-order valence-corrected chi connectivity index (χ3v) is 6.71. The van der Waals surface area contributed by atoms with Gasteiger partial charge in [0.1, 0.15) is 5.70 Å². The SMILES string of the molecule is CCc1cccc(NC(=O)CSC2=N/C(=C\c3ccc4c(c3)OCO4)C(=O)N2c2ccc(C)cc2)c1. The number of benzene rings is 3. The largest absolute Gasteiger partial charge is 0.454 e. The summed E-state index contributed by atoms with van der Waals surface area (Å²) in [5.74, 6) is 0.997. The molecule has 36 heavy (non-hydrogen) atoms. The van der Waals surface area contributed by atoms with Crippen LogP contribution in [0.25, 0.3) is 6.08 Å². The van der Waals surface area contributed by atoms with Crippen LogP contribution in [0.15, 0.2) is 77.4 Å². The summed E-state index contributed by atoms with van der Waals surface area (Å²) in [5, 5.41) is 3.38. The highest BCUT2D eigenvalue weighted by Gasteiger charge is 2.32. The molecular weight excluding hydrogens is 474 g/mol. The van der Waals surface area contributed by atoms with Crippen LogP contribution >= 0.6 is 11.8 Å². The first kappa shape index (κ1) is 23.7. The second-order valence-corrected chi connectivity index (χ2v) is 9.35. The second-order valence-electron chi connectivity index (χ2n) is 8.40. The van der Waals surface area contributed by atoms with E-state index < -0.39 is 0 Å². The Morgan fingerprint density at radius 2 is 1.89 bits per heavy atom. The molecule has 0 aromatic heterocycles. The number of carbonyl (C=O) groups is 2. The van der Waals surface area contributed by atoms with Crippen LogP contribution in [0.4, 0.5) is 11.4 Å². The molecule has 2 aliphatic heterocycles. The van der Waals surface area contributed by atoms with Gasteiger partial charge in [-0.15, -0.1) is 0 Å². The number of hydrogen-bond acceptors (Lipinski definition) is 6. The highest BCUT2D eigenvalue weighted by Crippen LogP contribution is 2.34. The van der Waals surface area contributed by atoms with Crippen LogP contribution in [0.5, 0.6) is 11.5 Å². The van der Waals surface area contributed by atoms with Crippen molar-refractivity contribution in [2.45, 2.75) is 20.3 Å². The van der Waals surface area contributed by atoms with Crippen molar-refractivity contribution < 1.29 is 19.1 Å². The first-order valence-electron chi connectivity index (χ1n) is 11.6. The van der Waals surface area contributed by atoms with Gasteiger partial charge >= 0.3 is 0 Å². The lowest BCUT2D eigenvalue weighted by atomic mass is 10.1. The molecule has 8 heteroatoms. The average molecular weight is 500 g/mol. The third kappa shape index (κ3) is 5.13. The number of aliphatic imine (C=N–C) groups is 1. The number of aryl methyl sites for hydroxylation is 2. The van der Waals surface area contributed by atoms with Crippen molar-refractivity contribution in [1.82, 2.24) is 0 Å². The molecular formula is C28H25N3O4S. The molecule has 1 N–H and O–H groups in total. The molecule has 2 heterocycles. The fourth-order valence-electron chi connectivity index (χ4n) is 3.87. The lowest BCUT2D eigenvalue weighted by molar-refractivity contribution is -0.114. The van der Waals surface area contributed by atoms with Crippen LogP contribution < -0.4 is 19.7 Å². The smallest absolute Gasteiger partial charge is 0.283 e. The zero-order valence-electron chi connectivity index (χ0n) is 20.0. The van der Waals surface area contributed by atoms with Gasteiger partial charge in [-0.25, -0.2) is 4.99 Å². The number of thioether (sulfide) groups is 1. The Morgan fingerprint density at radius 1 is 1.08 bits per heavy atom. The van der Waals surface area contributed by atoms with Crippen molar-refractivity contribution in [2.75, 3.05) is 22.8 Å². The number of carbonyl (C=O) groups excluding carboxylic acids is 2. The monoisotopic (exact) mass is 499 g/mol. The maximum atomic E-state index is 13.4. The molecule has 0 atom stereocenters. The summed E-state index contributed by atoms with van der Waals surface area (Å²) in [6.45, 7) is 4.24. The number of fused-ring (bicyclic) bond motifs is 1. The predicted octanol–water partition coefficient (Wildman–Crippen LogP) is 5.40. The zero-order chi connectivity index (χ0) is 25.1. The Hall–Kier alpha value is -4.04. The molecule has 3 aromatic carbocycles. The van der Waals surface area contributed by atoms with Crippen molar-refractivity contribution in [2.24, 2.45) is 4.99 Å². The van der Waals surface area contributed by atoms with Crippen molar-refractivity contribution >= 4 is 46.2 Å². The van der Waals surface area contributed by atoms with Crippen LogP contribution in [-0.4, -0.2) is 29.5 Å². The molecule has 2 amide bonds. The molecule has 0 fully saturated rings. The molecule has 5 rings (SSSR count). The summed E-state index contributed by atoms with van der Waals surface area (Å²) in [6, 6.07) is 20.9. The zero-order valence-corrected chi connectivity index (χ0v) is 20.8. The van der Waals surface area contributed by atoms with Crippen LogP contribution in [0.1, 0.15) is 23.6 Å². The molecule has 0 aliphatic carbocycles. The van der Waals surface area contributed by atoms with Gasteiger partial charge in [-0.3, -0.25) is 14.5 Å². The van der Waals surface area contributed by atoms with Crippen molar-refractivity contribution in [3.63, 3.8) is 0 Å². The summed E-state index contributed by atoms with van der Waals surface area (Å²) >= 11 is 1.22. The average Bonchev–Trinajstić information content (AvgIpc) is 3.47. The fraction of sp³-hybridized carbons (Fsp3) is 0.179. The van der Waals surface area contributed by atoms with Gasteiger partial charge in [0.25, 0.3) is 5.91 Å². The van der Waals surface area contributed by atoms with Crippen LogP contribution in [0, 0.1) is 6.92 Å². The number of hydrogen-bond donors (Lipinski definition) is 1. The van der Waals surface area contributed by atoms with E-state index in [9.17, 15) is 9.59 Å². The number of amides is 2. The molecule has 0 unspecified atom stereocenters. The maximum Gasteiger partial charge on any atom is 0.283 e. The Balaban J connectivity index is 1.38. The lowest BCUT2D eigenvalue weighted by Crippen LogP contribution is -2.31. The van der Waals surface area contributed by atoms with Gasteiger partial charge in [0.05, 0.1) is 11.4 Å². The molecule has 0 bridgehead atoms. The maximum absolute atomic E-state index is 13.4. The second kappa shape index (κ2) is 10.3. The van der Waals surface area contributed by atoms with Crippen molar-refractivity contribution in [3.8, 4) is 11.5 Å². The van der Waals surface area contributed by atoms with Crippen LogP contribution in [-0.2, 0) is 16.0 Å². The normalized spacial score (nSPS) is 15.4. The molecule has 2 aliphatic rings. The van der Waals surface area contributed by atoms with E-state index in [1.165, 1.54) is 11.8 Å². The summed E-state index contributed by atoms with van der Waals surface area (Å²) in [6.07, 6.45) is 2.61. The number of anilines is 2. The minimum absolute atomic E-state index is 0.113. The predicted molar refractivity (Wildman–Crippen MR) is 144 cm³/mol. The third-order valence-electron chi connectivity index (χ3n) is 5.77. The number of nitrogens with zero attached hydrogens (tertiary/aromatic N) is 2. The number of amidine groups is 1. The van der Waals surface area contributed by atoms with E-state index in [2.05, 4.69) is 17.2 Å². The van der Waals surface area contributed by atoms with E-state index in [1.807, 2.05) is 73.7 Å². The number of rotatable bonds is 6. The van der Waals surface area contributed by atoms with E-state index in [0.717, 1.165) is 28.8 Å². The molecule has 0 saturated heterocycles. The van der Waals surface area contributed by atoms with Gasteiger partial charge < -0.3 is 14.8 Å². The quantitative estimate of drug-likeness (QED) is 0.459. The molecule has 0 radical (unpaired) electrons. The molecule has 0 saturated carbocycles. The Bertz CT molecular complexity index is 1380. The van der Waals surface area contributed by atoms with Crippen LogP contribution in [0.2, 0.25) is 0 Å². The first-order valence-corrected chi connectivity index (χ1v) is 12.6. The highest BCUT2D eigenvalue weighted by atomic mass is 32.2. The van der Waals surface area contributed by atoms with Crippen molar-refractivity contribution in [1.29, 1.82) is 0 Å². The molecule has 182 valence electrons. The Kier molecular flexibility index (Phi) is 6.77. The summed E-state index contributed by atoms with van der Waals surface area (Å²) in [5.41, 5.74) is 4.74. The molecule has 0 spiro atoms. The van der Waals surface area contributed by atoms with Gasteiger partial charge in [0.15, 0.2) is 16.7 Å². The standard InChI is InChI=1S/C28H25N3O4S/c1-3-19-5-4-6-21(13-19)29-26(32)16-36-28-30-23(14-20-9-12-24-25(15-20)35-17-34-24)27(33)31(28)22-10-7-18(2)8-11-22/h4-15H,3,16-17H2,1-2H3,(H,29,32)/b23-14-. The minimum Gasteiger partial charge on any atom is -0.454 e.